The van der Waals surface area contributed by atoms with Crippen LogP contribution in [0, 0.1) is 5.41 Å². The van der Waals surface area contributed by atoms with Crippen LogP contribution in [-0.2, 0) is 0 Å². The molecule has 72 valence electrons. The van der Waals surface area contributed by atoms with Crippen molar-refractivity contribution in [1.29, 1.82) is 0 Å². The zero-order valence-electron chi connectivity index (χ0n) is 7.93. The number of rotatable bonds is 2. The Hall–Kier alpha value is 0.140. The van der Waals surface area contributed by atoms with E-state index in [4.69, 9.17) is 0 Å². The van der Waals surface area contributed by atoms with E-state index in [1.54, 1.807) is 0 Å². The predicted molar refractivity (Wildman–Crippen MR) is 61.2 cm³/mol. The van der Waals surface area contributed by atoms with Crippen molar-refractivity contribution in [3.63, 3.8) is 0 Å². The molecule has 1 aliphatic heterocycles. The highest BCUT2D eigenvalue weighted by Crippen LogP contribution is 2.47. The molecule has 1 aromatic rings. The molecule has 1 nitrogen and oxygen atoms in total. The summed E-state index contributed by atoms with van der Waals surface area (Å²) in [7, 11) is 0. The van der Waals surface area contributed by atoms with Crippen molar-refractivity contribution in [2.45, 2.75) is 26.3 Å². The lowest BCUT2D eigenvalue weighted by atomic mass is 9.72. The average molecular weight is 260 g/mol. The number of hydrogen-bond acceptors (Lipinski definition) is 2. The third kappa shape index (κ3) is 1.47. The third-order valence-electron chi connectivity index (χ3n) is 3.12. The Balaban J connectivity index is 2.24. The molecule has 0 aliphatic carbocycles. The van der Waals surface area contributed by atoms with E-state index in [1.807, 2.05) is 11.3 Å². The van der Waals surface area contributed by atoms with Crippen molar-refractivity contribution in [1.82, 2.24) is 5.32 Å². The van der Waals surface area contributed by atoms with Crippen molar-refractivity contribution < 1.29 is 0 Å². The predicted octanol–water partition coefficient (Wildman–Crippen LogP) is 3.57. The second-order valence-corrected chi connectivity index (χ2v) is 5.76. The summed E-state index contributed by atoms with van der Waals surface area (Å²) in [6.07, 6.45) is 1.25. The summed E-state index contributed by atoms with van der Waals surface area (Å²) in [5.74, 6) is 0. The first-order chi connectivity index (χ1) is 6.17. The van der Waals surface area contributed by atoms with Gasteiger partial charge in [-0.2, -0.15) is 0 Å². The van der Waals surface area contributed by atoms with Crippen LogP contribution >= 0.6 is 27.3 Å². The maximum Gasteiger partial charge on any atom is 0.0493 e. The highest BCUT2D eigenvalue weighted by molar-refractivity contribution is 9.10. The first-order valence-electron chi connectivity index (χ1n) is 4.63. The molecule has 2 heterocycles. The van der Waals surface area contributed by atoms with Crippen molar-refractivity contribution in [2.24, 2.45) is 5.41 Å². The molecule has 3 heteroatoms. The fourth-order valence-corrected chi connectivity index (χ4v) is 3.65. The van der Waals surface area contributed by atoms with Crippen LogP contribution < -0.4 is 5.32 Å². The molecule has 0 aromatic carbocycles. The minimum atomic E-state index is 0.466. The van der Waals surface area contributed by atoms with Crippen molar-refractivity contribution in [2.75, 3.05) is 6.54 Å². The van der Waals surface area contributed by atoms with E-state index in [1.165, 1.54) is 15.8 Å². The van der Waals surface area contributed by atoms with Crippen LogP contribution in [0.1, 0.15) is 31.2 Å². The molecule has 1 aromatic heterocycles. The van der Waals surface area contributed by atoms with Gasteiger partial charge in [-0.25, -0.2) is 0 Å². The minimum Gasteiger partial charge on any atom is -0.308 e. The van der Waals surface area contributed by atoms with Crippen molar-refractivity contribution in [3.05, 3.63) is 20.8 Å². The summed E-state index contributed by atoms with van der Waals surface area (Å²) in [6.45, 7) is 5.79. The Morgan fingerprint density at radius 2 is 2.54 bits per heavy atom. The van der Waals surface area contributed by atoms with E-state index < -0.39 is 0 Å². The van der Waals surface area contributed by atoms with Crippen LogP contribution in [0.4, 0.5) is 0 Å². The van der Waals surface area contributed by atoms with Crippen molar-refractivity contribution in [3.8, 4) is 0 Å². The van der Waals surface area contributed by atoms with Gasteiger partial charge in [-0.05, 0) is 33.8 Å². The Kier molecular flexibility index (Phi) is 2.51. The Morgan fingerprint density at radius 1 is 1.77 bits per heavy atom. The van der Waals surface area contributed by atoms with Crippen LogP contribution in [0.25, 0.3) is 0 Å². The Labute approximate surface area is 91.7 Å². The van der Waals surface area contributed by atoms with Crippen LogP contribution in [0.15, 0.2) is 15.9 Å². The number of thiophene rings is 1. The monoisotopic (exact) mass is 259 g/mol. The SMILES string of the molecule is CCC1(C)CNC1c1sccc1Br. The maximum absolute atomic E-state index is 3.59. The van der Waals surface area contributed by atoms with Crippen LogP contribution in [0.5, 0.6) is 0 Å². The number of hydrogen-bond donors (Lipinski definition) is 1. The van der Waals surface area contributed by atoms with Gasteiger partial charge in [0.2, 0.25) is 0 Å². The second-order valence-electron chi connectivity index (χ2n) is 3.95. The lowest BCUT2D eigenvalue weighted by Crippen LogP contribution is -2.53. The van der Waals surface area contributed by atoms with E-state index in [0.29, 0.717) is 11.5 Å². The maximum atomic E-state index is 3.59. The largest absolute Gasteiger partial charge is 0.308 e. The molecular weight excluding hydrogens is 246 g/mol. The topological polar surface area (TPSA) is 12.0 Å². The van der Waals surface area contributed by atoms with Gasteiger partial charge >= 0.3 is 0 Å². The van der Waals surface area contributed by atoms with Gasteiger partial charge in [0.25, 0.3) is 0 Å². The fourth-order valence-electron chi connectivity index (χ4n) is 1.80. The van der Waals surface area contributed by atoms with Gasteiger partial charge in [0, 0.05) is 27.4 Å². The number of halogens is 1. The van der Waals surface area contributed by atoms with Gasteiger partial charge in [0.05, 0.1) is 0 Å². The van der Waals surface area contributed by atoms with Crippen LogP contribution in [0.2, 0.25) is 0 Å². The highest BCUT2D eigenvalue weighted by atomic mass is 79.9. The zero-order chi connectivity index (χ0) is 9.47. The summed E-state index contributed by atoms with van der Waals surface area (Å²) in [4.78, 5) is 1.45. The molecule has 2 atom stereocenters. The first-order valence-corrected chi connectivity index (χ1v) is 6.31. The normalized spacial score (nSPS) is 33.0. The zero-order valence-corrected chi connectivity index (χ0v) is 10.3. The molecule has 0 radical (unpaired) electrons. The molecule has 1 N–H and O–H groups in total. The summed E-state index contributed by atoms with van der Waals surface area (Å²) in [6, 6.07) is 2.70. The molecule has 0 saturated carbocycles. The van der Waals surface area contributed by atoms with Gasteiger partial charge in [-0.3, -0.25) is 0 Å². The van der Waals surface area contributed by atoms with E-state index in [9.17, 15) is 0 Å². The van der Waals surface area contributed by atoms with Crippen LogP contribution in [0.3, 0.4) is 0 Å². The molecule has 0 bridgehead atoms. The van der Waals surface area contributed by atoms with Gasteiger partial charge in [-0.15, -0.1) is 11.3 Å². The van der Waals surface area contributed by atoms with E-state index >= 15 is 0 Å². The van der Waals surface area contributed by atoms with E-state index in [0.717, 1.165) is 6.54 Å². The van der Waals surface area contributed by atoms with Crippen molar-refractivity contribution >= 4 is 27.3 Å². The Bertz CT molecular complexity index is 306. The quantitative estimate of drug-likeness (QED) is 0.857. The minimum absolute atomic E-state index is 0.466. The number of nitrogens with one attached hydrogen (secondary N) is 1. The summed E-state index contributed by atoms with van der Waals surface area (Å²) in [5.41, 5.74) is 0.466. The first kappa shape index (κ1) is 9.69. The molecule has 1 aliphatic rings. The van der Waals surface area contributed by atoms with E-state index in [2.05, 4.69) is 46.5 Å². The van der Waals surface area contributed by atoms with Gasteiger partial charge < -0.3 is 5.32 Å². The molecular formula is C10H14BrNS. The van der Waals surface area contributed by atoms with E-state index in [-0.39, 0.29) is 0 Å². The lowest BCUT2D eigenvalue weighted by molar-refractivity contribution is 0.101. The second kappa shape index (κ2) is 3.37. The molecule has 13 heavy (non-hydrogen) atoms. The molecule has 2 rings (SSSR count). The highest BCUT2D eigenvalue weighted by Gasteiger charge is 2.42. The summed E-state index contributed by atoms with van der Waals surface area (Å²) < 4.78 is 1.26. The molecule has 1 saturated heterocycles. The lowest BCUT2D eigenvalue weighted by Gasteiger charge is -2.47. The smallest absolute Gasteiger partial charge is 0.0493 e. The molecule has 0 amide bonds. The summed E-state index contributed by atoms with van der Waals surface area (Å²) in [5, 5.41) is 5.66. The molecule has 2 unspecified atom stereocenters. The fraction of sp³-hybridized carbons (Fsp3) is 0.600. The average Bonchev–Trinajstić information content (AvgIpc) is 2.49. The standard InChI is InChI=1S/C10H14BrNS/c1-3-10(2)6-12-9(10)8-7(11)4-5-13-8/h4-5,9,12H,3,6H2,1-2H3. The molecule has 0 spiro atoms. The van der Waals surface area contributed by atoms with Crippen LogP contribution in [-0.4, -0.2) is 6.54 Å². The third-order valence-corrected chi connectivity index (χ3v) is 5.06. The summed E-state index contributed by atoms with van der Waals surface area (Å²) >= 11 is 5.43. The van der Waals surface area contributed by atoms with Gasteiger partial charge in [0.1, 0.15) is 0 Å². The molecule has 1 fully saturated rings. The van der Waals surface area contributed by atoms with Gasteiger partial charge in [-0.1, -0.05) is 13.8 Å². The van der Waals surface area contributed by atoms with Gasteiger partial charge in [0.15, 0.2) is 0 Å². The Morgan fingerprint density at radius 3 is 2.92 bits per heavy atom.